The molecule has 0 fully saturated rings. The fraction of sp³-hybridized carbons (Fsp3) is 0. The summed E-state index contributed by atoms with van der Waals surface area (Å²) in [7, 11) is 0. The Kier molecular flexibility index (Phi) is 9.61. The molecule has 0 nitrogen and oxygen atoms in total. The van der Waals surface area contributed by atoms with E-state index in [9.17, 15) is 0 Å². The molecule has 0 radical (unpaired) electrons. The third-order valence-corrected chi connectivity index (χ3v) is 4.46. The summed E-state index contributed by atoms with van der Waals surface area (Å²) in [4.78, 5) is 0. The van der Waals surface area contributed by atoms with Crippen LogP contribution in [0.4, 0.5) is 0 Å². The van der Waals surface area contributed by atoms with Gasteiger partial charge in [0.15, 0.2) is 0 Å². The van der Waals surface area contributed by atoms with Crippen LogP contribution in [0.1, 0.15) is 22.3 Å². The van der Waals surface area contributed by atoms with E-state index in [1.165, 1.54) is 0 Å². The van der Waals surface area contributed by atoms with Gasteiger partial charge < -0.3 is 0 Å². The minimum atomic E-state index is 0. The molecule has 4 rings (SSSR count). The Bertz CT molecular complexity index is 978. The van der Waals surface area contributed by atoms with Gasteiger partial charge in [0.05, 0.1) is 0 Å². The first-order valence-electron chi connectivity index (χ1n) is 9.39. The van der Waals surface area contributed by atoms with Crippen LogP contribution in [-0.2, 0) is 34.1 Å². The van der Waals surface area contributed by atoms with Crippen LogP contribution in [0.15, 0.2) is 121 Å². The van der Waals surface area contributed by atoms with Crippen LogP contribution in [0, 0.1) is 12.2 Å². The topological polar surface area (TPSA) is 0 Å². The maximum absolute atomic E-state index is 3.63. The van der Waals surface area contributed by atoms with Crippen molar-refractivity contribution in [1.29, 1.82) is 0 Å². The van der Waals surface area contributed by atoms with Gasteiger partial charge in [0.25, 0.3) is 0 Å². The minimum absolute atomic E-state index is 0. The molecular formula is C28H20Cu2. The molecule has 0 spiro atoms. The molecule has 0 aliphatic carbocycles. The molecule has 0 unspecified atom stereocenters. The van der Waals surface area contributed by atoms with Crippen molar-refractivity contribution in [1.82, 2.24) is 0 Å². The summed E-state index contributed by atoms with van der Waals surface area (Å²) >= 11 is 0. The largest absolute Gasteiger partial charge is 1.00 e. The number of allylic oxidation sites excluding steroid dienone is 2. The van der Waals surface area contributed by atoms with Crippen LogP contribution in [0.25, 0.3) is 11.1 Å². The van der Waals surface area contributed by atoms with Crippen molar-refractivity contribution in [2.75, 3.05) is 0 Å². The molecule has 4 aromatic rings. The Morgan fingerprint density at radius 1 is 0.367 bits per heavy atom. The predicted molar refractivity (Wildman–Crippen MR) is 117 cm³/mol. The molecular weight excluding hydrogens is 463 g/mol. The van der Waals surface area contributed by atoms with Gasteiger partial charge in [-0.05, 0) is 0 Å². The summed E-state index contributed by atoms with van der Waals surface area (Å²) in [6.45, 7) is 0. The Morgan fingerprint density at radius 3 is 0.933 bits per heavy atom. The van der Waals surface area contributed by atoms with Gasteiger partial charge >= 0.3 is 34.1 Å². The zero-order chi connectivity index (χ0) is 19.0. The Hall–Kier alpha value is -2.60. The van der Waals surface area contributed by atoms with Crippen molar-refractivity contribution in [2.24, 2.45) is 0 Å². The van der Waals surface area contributed by atoms with Crippen LogP contribution >= 0.6 is 0 Å². The van der Waals surface area contributed by atoms with Gasteiger partial charge in [-0.3, -0.25) is 0 Å². The van der Waals surface area contributed by atoms with E-state index in [0.717, 1.165) is 33.4 Å². The third kappa shape index (κ3) is 6.20. The van der Waals surface area contributed by atoms with Crippen molar-refractivity contribution in [2.45, 2.75) is 0 Å². The summed E-state index contributed by atoms with van der Waals surface area (Å²) in [6, 6.07) is 41.3. The zero-order valence-electron chi connectivity index (χ0n) is 16.2. The molecule has 4 aromatic carbocycles. The predicted octanol–water partition coefficient (Wildman–Crippen LogP) is 6.85. The summed E-state index contributed by atoms with van der Waals surface area (Å²) < 4.78 is 0. The number of rotatable bonds is 5. The number of hydrogen-bond donors (Lipinski definition) is 0. The van der Waals surface area contributed by atoms with Crippen molar-refractivity contribution in [3.05, 3.63) is 156 Å². The van der Waals surface area contributed by atoms with Gasteiger partial charge in [-0.1, -0.05) is 97.1 Å². The molecule has 0 N–H and O–H groups in total. The van der Waals surface area contributed by atoms with Crippen LogP contribution in [0.2, 0.25) is 0 Å². The molecule has 154 valence electrons. The summed E-state index contributed by atoms with van der Waals surface area (Å²) in [5, 5.41) is 0. The quantitative estimate of drug-likeness (QED) is 0.126. The zero-order valence-corrected chi connectivity index (χ0v) is 18.0. The molecule has 0 saturated carbocycles. The molecule has 0 amide bonds. The summed E-state index contributed by atoms with van der Waals surface area (Å²) in [6.07, 6.45) is 7.26. The van der Waals surface area contributed by atoms with E-state index in [0.29, 0.717) is 0 Å². The smallest absolute Gasteiger partial charge is 0.174 e. The van der Waals surface area contributed by atoms with E-state index in [4.69, 9.17) is 0 Å². The third-order valence-electron chi connectivity index (χ3n) is 4.46. The van der Waals surface area contributed by atoms with E-state index < -0.39 is 0 Å². The molecule has 2 heteroatoms. The average Bonchev–Trinajstić information content (AvgIpc) is 2.79. The van der Waals surface area contributed by atoms with E-state index in [1.54, 1.807) is 0 Å². The van der Waals surface area contributed by atoms with Crippen molar-refractivity contribution in [3.63, 3.8) is 0 Å². The van der Waals surface area contributed by atoms with Crippen molar-refractivity contribution >= 4 is 11.1 Å². The molecule has 0 bridgehead atoms. The van der Waals surface area contributed by atoms with E-state index in [2.05, 4.69) is 84.9 Å². The second kappa shape index (κ2) is 12.2. The van der Waals surface area contributed by atoms with Gasteiger partial charge in [0.2, 0.25) is 0 Å². The first-order valence-corrected chi connectivity index (χ1v) is 9.39. The van der Waals surface area contributed by atoms with Gasteiger partial charge in [-0.2, -0.15) is 23.3 Å². The van der Waals surface area contributed by atoms with E-state index >= 15 is 0 Å². The van der Waals surface area contributed by atoms with Crippen LogP contribution in [0.3, 0.4) is 0 Å². The molecule has 0 aliphatic heterocycles. The van der Waals surface area contributed by atoms with Crippen LogP contribution in [-0.4, -0.2) is 0 Å². The fourth-order valence-electron chi connectivity index (χ4n) is 3.10. The Labute approximate surface area is 200 Å². The molecule has 0 heterocycles. The maximum Gasteiger partial charge on any atom is 1.00 e. The molecule has 30 heavy (non-hydrogen) atoms. The maximum atomic E-state index is 3.63. The van der Waals surface area contributed by atoms with Gasteiger partial charge in [0.1, 0.15) is 0 Å². The van der Waals surface area contributed by atoms with Gasteiger partial charge in [-0.25, -0.2) is 0 Å². The van der Waals surface area contributed by atoms with Crippen molar-refractivity contribution < 1.29 is 34.1 Å². The number of hydrogen-bond acceptors (Lipinski definition) is 0. The average molecular weight is 484 g/mol. The molecule has 0 aliphatic rings. The van der Waals surface area contributed by atoms with Gasteiger partial charge in [0, 0.05) is 0 Å². The van der Waals surface area contributed by atoms with Gasteiger partial charge in [-0.15, -0.1) is 46.5 Å². The molecule has 0 atom stereocenters. The second-order valence-electron chi connectivity index (χ2n) is 6.46. The standard InChI is InChI=1S/C28H20.2Cu/c1-5-13-23(14-6-1)21-27(25-17-9-3-10-18-25)28(26-19-11-4-12-20-26)22-24-15-7-2-8-16-24;;/h1-20H;;/q-2;2*+1. The Balaban J connectivity index is 0.00000160. The van der Waals surface area contributed by atoms with Crippen molar-refractivity contribution in [3.8, 4) is 0 Å². The van der Waals surface area contributed by atoms with E-state index in [1.807, 2.05) is 48.5 Å². The first-order chi connectivity index (χ1) is 13.9. The summed E-state index contributed by atoms with van der Waals surface area (Å²) in [5.74, 6) is 0. The Morgan fingerprint density at radius 2 is 0.633 bits per heavy atom. The fourth-order valence-corrected chi connectivity index (χ4v) is 3.10. The monoisotopic (exact) mass is 482 g/mol. The van der Waals surface area contributed by atoms with Crippen LogP contribution in [0.5, 0.6) is 0 Å². The summed E-state index contributed by atoms with van der Waals surface area (Å²) in [5.41, 5.74) is 6.39. The molecule has 0 aromatic heterocycles. The molecule has 0 saturated heterocycles. The minimum Gasteiger partial charge on any atom is -0.174 e. The first kappa shape index (κ1) is 23.7. The number of benzene rings is 4. The second-order valence-corrected chi connectivity index (χ2v) is 6.46. The van der Waals surface area contributed by atoms with Crippen LogP contribution < -0.4 is 0 Å². The van der Waals surface area contributed by atoms with E-state index in [-0.39, 0.29) is 34.1 Å². The SMILES string of the molecule is [C-](=C(C(=[C-]c1ccccc1)c1ccccc1)c1ccccc1)c1ccccc1.[Cu+].[Cu+]. The normalized spacial score (nSPS) is 11.2.